The molecule has 0 N–H and O–H groups in total. The van der Waals surface area contributed by atoms with Crippen LogP contribution in [0.5, 0.6) is 5.75 Å². The average molecular weight is 232 g/mol. The van der Waals surface area contributed by atoms with E-state index >= 15 is 0 Å². The molecule has 0 saturated heterocycles. The number of hydrogen-bond acceptors (Lipinski definition) is 3. The van der Waals surface area contributed by atoms with E-state index in [-0.39, 0.29) is 5.92 Å². The van der Waals surface area contributed by atoms with Gasteiger partial charge in [-0.3, -0.25) is 0 Å². The molecule has 0 bridgehead atoms. The van der Waals surface area contributed by atoms with E-state index in [1.165, 1.54) is 5.56 Å². The number of nitriles is 1. The van der Waals surface area contributed by atoms with Crippen LogP contribution in [0.25, 0.3) is 0 Å². The van der Waals surface area contributed by atoms with Gasteiger partial charge in [0.2, 0.25) is 0 Å². The van der Waals surface area contributed by atoms with Crippen LogP contribution in [0.3, 0.4) is 0 Å². The molecule has 0 spiro atoms. The fraction of sp³-hybridized carbons (Fsp3) is 0.500. The molecule has 3 nitrogen and oxygen atoms in total. The van der Waals surface area contributed by atoms with E-state index in [0.717, 1.165) is 25.3 Å². The summed E-state index contributed by atoms with van der Waals surface area (Å²) in [7, 11) is 3.71. The van der Waals surface area contributed by atoms with Crippen molar-refractivity contribution in [3.8, 4) is 11.8 Å². The van der Waals surface area contributed by atoms with E-state index in [2.05, 4.69) is 17.0 Å². The van der Waals surface area contributed by atoms with E-state index < -0.39 is 0 Å². The molecule has 0 radical (unpaired) electrons. The molecule has 1 aromatic rings. The van der Waals surface area contributed by atoms with Crippen LogP contribution in [0.1, 0.15) is 18.9 Å². The van der Waals surface area contributed by atoms with Crippen LogP contribution in [0.4, 0.5) is 0 Å². The van der Waals surface area contributed by atoms with Crippen LogP contribution in [0.2, 0.25) is 0 Å². The monoisotopic (exact) mass is 232 g/mol. The van der Waals surface area contributed by atoms with Crippen molar-refractivity contribution in [1.82, 2.24) is 4.90 Å². The zero-order valence-electron chi connectivity index (χ0n) is 10.8. The first-order valence-corrected chi connectivity index (χ1v) is 5.90. The minimum atomic E-state index is 0.116. The summed E-state index contributed by atoms with van der Waals surface area (Å²) in [5.41, 5.74) is 1.21. The smallest absolute Gasteiger partial charge is 0.119 e. The Morgan fingerprint density at radius 1 is 1.47 bits per heavy atom. The number of hydrogen-bond donors (Lipinski definition) is 0. The van der Waals surface area contributed by atoms with Crippen LogP contribution in [0.15, 0.2) is 24.3 Å². The van der Waals surface area contributed by atoms with Crippen LogP contribution in [0, 0.1) is 17.2 Å². The highest BCUT2D eigenvalue weighted by Gasteiger charge is 2.09. The lowest BCUT2D eigenvalue weighted by Gasteiger charge is -2.19. The van der Waals surface area contributed by atoms with Crippen molar-refractivity contribution in [2.75, 3.05) is 20.7 Å². The second kappa shape index (κ2) is 6.93. The van der Waals surface area contributed by atoms with Crippen molar-refractivity contribution in [1.29, 1.82) is 5.26 Å². The topological polar surface area (TPSA) is 36.3 Å². The van der Waals surface area contributed by atoms with Gasteiger partial charge in [0.1, 0.15) is 5.75 Å². The summed E-state index contributed by atoms with van der Waals surface area (Å²) in [6.07, 6.45) is 0.902. The van der Waals surface area contributed by atoms with Gasteiger partial charge in [-0.05, 0) is 31.2 Å². The molecule has 0 aliphatic carbocycles. The van der Waals surface area contributed by atoms with E-state index in [1.54, 1.807) is 7.11 Å². The van der Waals surface area contributed by atoms with Gasteiger partial charge in [0.25, 0.3) is 0 Å². The van der Waals surface area contributed by atoms with Gasteiger partial charge in [-0.15, -0.1) is 0 Å². The lowest BCUT2D eigenvalue weighted by Crippen LogP contribution is -2.24. The van der Waals surface area contributed by atoms with Crippen LogP contribution >= 0.6 is 0 Å². The molecule has 1 unspecified atom stereocenters. The Hall–Kier alpha value is -1.53. The third-order valence-corrected chi connectivity index (χ3v) is 2.79. The zero-order valence-corrected chi connectivity index (χ0v) is 10.8. The first-order valence-electron chi connectivity index (χ1n) is 5.90. The van der Waals surface area contributed by atoms with E-state index in [4.69, 9.17) is 10.00 Å². The highest BCUT2D eigenvalue weighted by molar-refractivity contribution is 5.28. The zero-order chi connectivity index (χ0) is 12.7. The van der Waals surface area contributed by atoms with E-state index in [0.29, 0.717) is 0 Å². The molecule has 3 heteroatoms. The van der Waals surface area contributed by atoms with Gasteiger partial charge in [-0.2, -0.15) is 5.26 Å². The highest BCUT2D eigenvalue weighted by atomic mass is 16.5. The second-order valence-corrected chi connectivity index (χ2v) is 4.28. The van der Waals surface area contributed by atoms with Crippen LogP contribution in [-0.4, -0.2) is 25.6 Å². The van der Waals surface area contributed by atoms with Crippen LogP contribution < -0.4 is 4.74 Å². The minimum absolute atomic E-state index is 0.116. The van der Waals surface area contributed by atoms with Gasteiger partial charge in [-0.25, -0.2) is 0 Å². The molecule has 1 rings (SSSR count). The van der Waals surface area contributed by atoms with Crippen molar-refractivity contribution in [2.24, 2.45) is 5.92 Å². The summed E-state index contributed by atoms with van der Waals surface area (Å²) < 4.78 is 5.19. The molecule has 0 saturated carbocycles. The maximum Gasteiger partial charge on any atom is 0.119 e. The molecule has 0 aliphatic heterocycles. The molecule has 0 heterocycles. The molecule has 92 valence electrons. The summed E-state index contributed by atoms with van der Waals surface area (Å²) in [4.78, 5) is 2.17. The fourth-order valence-corrected chi connectivity index (χ4v) is 1.78. The lowest BCUT2D eigenvalue weighted by atomic mass is 10.1. The Morgan fingerprint density at radius 3 is 2.82 bits per heavy atom. The lowest BCUT2D eigenvalue weighted by molar-refractivity contribution is 0.292. The molecular formula is C14H20N2O. The van der Waals surface area contributed by atoms with Gasteiger partial charge in [0, 0.05) is 13.1 Å². The first kappa shape index (κ1) is 13.5. The van der Waals surface area contributed by atoms with Crippen molar-refractivity contribution in [3.63, 3.8) is 0 Å². The Kier molecular flexibility index (Phi) is 5.51. The Bertz CT molecular complexity index is 384. The molecule has 1 atom stereocenters. The summed E-state index contributed by atoms with van der Waals surface area (Å²) >= 11 is 0. The summed E-state index contributed by atoms with van der Waals surface area (Å²) in [6.45, 7) is 3.70. The average Bonchev–Trinajstić information content (AvgIpc) is 2.36. The van der Waals surface area contributed by atoms with Crippen molar-refractivity contribution in [2.45, 2.75) is 19.9 Å². The summed E-state index contributed by atoms with van der Waals surface area (Å²) in [5, 5.41) is 8.93. The molecule has 0 aliphatic rings. The SMILES string of the molecule is CCC(C#N)CN(C)Cc1cccc(OC)c1. The van der Waals surface area contributed by atoms with Gasteiger partial charge in [-0.1, -0.05) is 19.1 Å². The maximum absolute atomic E-state index is 8.93. The highest BCUT2D eigenvalue weighted by Crippen LogP contribution is 2.14. The van der Waals surface area contributed by atoms with Crippen LogP contribution in [-0.2, 0) is 6.54 Å². The molecule has 17 heavy (non-hydrogen) atoms. The molecule has 0 aromatic heterocycles. The predicted octanol–water partition coefficient (Wildman–Crippen LogP) is 2.68. The molecular weight excluding hydrogens is 212 g/mol. The number of ether oxygens (including phenoxy) is 1. The van der Waals surface area contributed by atoms with Gasteiger partial charge in [0.15, 0.2) is 0 Å². The number of nitrogens with zero attached hydrogens (tertiary/aromatic N) is 2. The van der Waals surface area contributed by atoms with Gasteiger partial charge >= 0.3 is 0 Å². The Balaban J connectivity index is 2.55. The third kappa shape index (κ3) is 4.46. The summed E-state index contributed by atoms with van der Waals surface area (Å²) in [5.74, 6) is 0.994. The maximum atomic E-state index is 8.93. The quantitative estimate of drug-likeness (QED) is 0.756. The van der Waals surface area contributed by atoms with Crippen molar-refractivity contribution < 1.29 is 4.74 Å². The molecule has 0 amide bonds. The molecule has 1 aromatic carbocycles. The predicted molar refractivity (Wildman–Crippen MR) is 68.7 cm³/mol. The van der Waals surface area contributed by atoms with Crippen molar-refractivity contribution in [3.05, 3.63) is 29.8 Å². The van der Waals surface area contributed by atoms with Gasteiger partial charge in [0.05, 0.1) is 19.1 Å². The number of methoxy groups -OCH3 is 1. The van der Waals surface area contributed by atoms with Crippen molar-refractivity contribution >= 4 is 0 Å². The summed E-state index contributed by atoms with van der Waals surface area (Å²) in [6, 6.07) is 10.4. The number of rotatable bonds is 6. The standard InChI is InChI=1S/C14H20N2O/c1-4-12(9-15)10-16(2)11-13-6-5-7-14(8-13)17-3/h5-8,12H,4,10-11H2,1-3H3. The second-order valence-electron chi connectivity index (χ2n) is 4.28. The third-order valence-electron chi connectivity index (χ3n) is 2.79. The van der Waals surface area contributed by atoms with E-state index in [1.807, 2.05) is 32.2 Å². The Labute approximate surface area is 104 Å². The van der Waals surface area contributed by atoms with E-state index in [9.17, 15) is 0 Å². The minimum Gasteiger partial charge on any atom is -0.497 e. The number of benzene rings is 1. The largest absolute Gasteiger partial charge is 0.497 e. The normalized spacial score (nSPS) is 12.2. The fourth-order valence-electron chi connectivity index (χ4n) is 1.78. The molecule has 0 fully saturated rings. The van der Waals surface area contributed by atoms with Gasteiger partial charge < -0.3 is 9.64 Å². The Morgan fingerprint density at radius 2 is 2.24 bits per heavy atom. The first-order chi connectivity index (χ1) is 8.19.